The van der Waals surface area contributed by atoms with E-state index in [9.17, 15) is 19.8 Å². The molecule has 0 radical (unpaired) electrons. The molecule has 5 aliphatic carbocycles. The monoisotopic (exact) mass is 2700 g/mol. The fourth-order valence-electron chi connectivity index (χ4n) is 15.6. The van der Waals surface area contributed by atoms with Gasteiger partial charge >= 0.3 is 11.9 Å². The van der Waals surface area contributed by atoms with Gasteiger partial charge in [-0.15, -0.1) is 0 Å². The molecule has 0 bridgehead atoms. The first-order valence-electron chi connectivity index (χ1n) is 44.3. The van der Waals surface area contributed by atoms with Gasteiger partial charge in [-0.3, -0.25) is 0 Å². The SMILES string of the molecule is CC(C)(C)OC(=O)c1cc(Br)cc(Br)c1.CC(C)(C)OC(=O)c1ccc(Br)cc1Br.CC(Oc1cc(Br)cc(Br)c1)OC1CCCCC1.CC(Oc1cc(O)c(Br)cc1Br)OC1CCCCC1.CC(Oc1cc(OC(C)OC2CCCCC2)c(Br)cc1Br)OC1CCCCC1.CC1(c2ccccc2)Cc2cc(Br)cc(Br)c2C1.CC1(c2ccccc2)Oc2c(Br)cc(Br)c(O)c2O1. The molecule has 30 heteroatoms. The van der Waals surface area contributed by atoms with Gasteiger partial charge in [0, 0.05) is 65.8 Å². The van der Waals surface area contributed by atoms with Crippen molar-refractivity contribution in [3.8, 4) is 46.0 Å². The van der Waals surface area contributed by atoms with Crippen molar-refractivity contribution in [3.63, 3.8) is 0 Å². The van der Waals surface area contributed by atoms with Crippen LogP contribution in [0.3, 0.4) is 0 Å². The molecule has 15 rings (SSSR count). The molecule has 1 aliphatic heterocycles. The largest absolute Gasteiger partial charge is 0.507 e. The van der Waals surface area contributed by atoms with E-state index in [1.54, 1.807) is 36.4 Å². The van der Waals surface area contributed by atoms with Gasteiger partial charge in [-0.2, -0.15) is 0 Å². The Kier molecular flexibility index (Phi) is 46.2. The second-order valence-corrected chi connectivity index (χ2v) is 47.7. The number of benzene rings is 9. The number of aromatic hydroxyl groups is 2. The number of halogens is 14. The van der Waals surface area contributed by atoms with Crippen LogP contribution in [0.4, 0.5) is 0 Å². The number of fused-ring (bicyclic) bond motifs is 2. The summed E-state index contributed by atoms with van der Waals surface area (Å²) in [6, 6.07) is 50.4. The van der Waals surface area contributed by atoms with E-state index in [1.165, 1.54) is 98.2 Å². The van der Waals surface area contributed by atoms with Crippen LogP contribution in [-0.2, 0) is 52.5 Å². The van der Waals surface area contributed by atoms with Crippen molar-refractivity contribution in [2.24, 2.45) is 0 Å². The highest BCUT2D eigenvalue weighted by Gasteiger charge is 2.43. The van der Waals surface area contributed by atoms with Crippen LogP contribution >= 0.6 is 223 Å². The summed E-state index contributed by atoms with van der Waals surface area (Å²) in [5.74, 6) is 2.30. The highest BCUT2D eigenvalue weighted by Crippen LogP contribution is 2.55. The molecule has 0 aromatic heterocycles. The molecule has 132 heavy (non-hydrogen) atoms. The standard InChI is InChI=1S/C22H32Br2O4.C16H14Br2.C14H10Br2O3.C14H18Br2O3.C14H18Br2O2.2C11H12Br2O2/c1-15(25-17-9-5-3-6-10-17)27-21-14-22(20(24)13-19(21)23)28-16(2)26-18-11-7-4-8-12-18;1-16(12-5-3-2-4-6-12)9-11-7-13(17)8-15(18)14(11)10-16;1-14(8-5-3-2-4-6-8)18-12-10(16)7-9(15)11(17)13(12)19-14;1-9(18-10-5-3-2-4-6-10)19-14-8-13(17)11(15)7-12(14)16;1-10(17-13-5-3-2-4-6-13)18-14-8-11(15)7-12(16)9-14;1-11(2,3)15-10(14)7-4-8(12)6-9(13)5-7;1-11(2,3)15-10(14)8-5-4-7(12)6-9(8)13/h13-18H,3-12H2,1-2H3;2-8H,9-10H2,1H3;2-7,17H,1H3;7-10,17H,2-6H2,1H3;7-10,13H,2-6H2,1H3;2*4-6H,1-3H3. The minimum atomic E-state index is -0.940. The van der Waals surface area contributed by atoms with Crippen LogP contribution < -0.4 is 28.4 Å². The fraction of sp³-hybridized carbons (Fsp3) is 0.451. The molecule has 4 saturated carbocycles. The van der Waals surface area contributed by atoms with Gasteiger partial charge in [-0.05, 0) is 347 Å². The summed E-state index contributed by atoms with van der Waals surface area (Å²) in [4.78, 5) is 23.4. The summed E-state index contributed by atoms with van der Waals surface area (Å²) in [7, 11) is 0. The van der Waals surface area contributed by atoms with E-state index >= 15 is 0 Å². The summed E-state index contributed by atoms with van der Waals surface area (Å²) < 4.78 is 82.0. The van der Waals surface area contributed by atoms with Crippen LogP contribution in [-0.4, -0.2) is 82.9 Å². The summed E-state index contributed by atoms with van der Waals surface area (Å²) in [6.07, 6.45) is 26.7. The second-order valence-electron chi connectivity index (χ2n) is 35.3. The molecule has 6 unspecified atom stereocenters. The third-order valence-corrected chi connectivity index (χ3v) is 29.5. The lowest BCUT2D eigenvalue weighted by Crippen LogP contribution is -2.31. The molecule has 0 spiro atoms. The van der Waals surface area contributed by atoms with E-state index in [0.717, 1.165) is 125 Å². The zero-order valence-corrected chi connectivity index (χ0v) is 98.3. The number of phenols is 2. The molecule has 9 aromatic carbocycles. The maximum absolute atomic E-state index is 11.7. The van der Waals surface area contributed by atoms with Gasteiger partial charge in [0.2, 0.25) is 5.75 Å². The zero-order chi connectivity index (χ0) is 96.4. The van der Waals surface area contributed by atoms with Gasteiger partial charge < -0.3 is 67.1 Å². The Balaban J connectivity index is 0.000000175. The van der Waals surface area contributed by atoms with Crippen LogP contribution in [0.25, 0.3) is 0 Å². The predicted octanol–water partition coefficient (Wildman–Crippen LogP) is 35.8. The number of esters is 2. The number of carbonyl (C=O) groups excluding carboxylic acids is 2. The van der Waals surface area contributed by atoms with Gasteiger partial charge in [0.05, 0.1) is 62.4 Å². The highest BCUT2D eigenvalue weighted by atomic mass is 79.9. The number of hydrogen-bond acceptors (Lipinski definition) is 16. The van der Waals surface area contributed by atoms with Crippen molar-refractivity contribution in [2.75, 3.05) is 0 Å². The van der Waals surface area contributed by atoms with Crippen molar-refractivity contribution < 1.29 is 76.6 Å². The predicted molar refractivity (Wildman–Crippen MR) is 575 cm³/mol. The second kappa shape index (κ2) is 54.2. The molecule has 718 valence electrons. The van der Waals surface area contributed by atoms with Gasteiger partial charge in [-0.25, -0.2) is 9.59 Å². The quantitative estimate of drug-likeness (QED) is 0.0542. The third kappa shape index (κ3) is 37.4. The first kappa shape index (κ1) is 112. The molecule has 2 N–H and O–H groups in total. The first-order chi connectivity index (χ1) is 62.4. The van der Waals surface area contributed by atoms with E-state index in [-0.39, 0.29) is 54.0 Å². The molecule has 6 atom stereocenters. The molecular formula is C102H116Br14O16. The van der Waals surface area contributed by atoms with Crippen LogP contribution in [0.15, 0.2) is 220 Å². The van der Waals surface area contributed by atoms with E-state index in [0.29, 0.717) is 73.2 Å². The lowest BCUT2D eigenvalue weighted by Gasteiger charge is -2.27. The Labute approximate surface area is 897 Å². The topological polar surface area (TPSA) is 185 Å². The lowest BCUT2D eigenvalue weighted by molar-refractivity contribution is -0.119. The van der Waals surface area contributed by atoms with Crippen molar-refractivity contribution >= 4 is 235 Å². The van der Waals surface area contributed by atoms with E-state index in [1.807, 2.05) is 155 Å². The molecular weight excluding hydrogens is 2600 g/mol. The summed E-state index contributed by atoms with van der Waals surface area (Å²) in [5, 5.41) is 19.7. The Morgan fingerprint density at radius 2 is 0.742 bits per heavy atom. The molecule has 9 aromatic rings. The number of phenolic OH excluding ortho intramolecular Hbond substituents is 2. The minimum Gasteiger partial charge on any atom is -0.507 e. The van der Waals surface area contributed by atoms with Gasteiger partial charge in [0.25, 0.3) is 5.79 Å². The average molecular weight is 2720 g/mol. The fourth-order valence-corrected chi connectivity index (χ4v) is 24.3. The average Bonchev–Trinajstić information content (AvgIpc) is 1.61. The number of hydrogen-bond donors (Lipinski definition) is 2. The molecule has 0 saturated heterocycles. The molecule has 6 aliphatic rings. The van der Waals surface area contributed by atoms with E-state index in [2.05, 4.69) is 272 Å². The normalized spacial score (nSPS) is 18.2. The van der Waals surface area contributed by atoms with Crippen LogP contribution in [0.5, 0.6) is 46.0 Å². The lowest BCUT2D eigenvalue weighted by atomic mass is 9.80. The number of rotatable bonds is 20. The maximum Gasteiger partial charge on any atom is 0.339 e. The van der Waals surface area contributed by atoms with E-state index in [4.69, 9.17) is 56.8 Å². The zero-order valence-electron chi connectivity index (χ0n) is 76.1. The Hall–Kier alpha value is -3.12. The van der Waals surface area contributed by atoms with Crippen molar-refractivity contribution in [1.82, 2.24) is 0 Å². The summed E-state index contributed by atoms with van der Waals surface area (Å²) in [6.45, 7) is 23.0. The minimum absolute atomic E-state index is 0.0397. The molecule has 1 heterocycles. The van der Waals surface area contributed by atoms with E-state index < -0.39 is 17.0 Å². The molecule has 16 nitrogen and oxygen atoms in total. The molecule has 0 amide bonds. The maximum atomic E-state index is 11.7. The first-order valence-corrected chi connectivity index (χ1v) is 55.4. The van der Waals surface area contributed by atoms with Crippen LogP contribution in [0, 0.1) is 0 Å². The van der Waals surface area contributed by atoms with Gasteiger partial charge in [0.15, 0.2) is 36.7 Å². The van der Waals surface area contributed by atoms with Crippen molar-refractivity contribution in [2.45, 2.75) is 296 Å². The number of ether oxygens (including phenoxy) is 12. The Morgan fingerprint density at radius 1 is 0.364 bits per heavy atom. The number of carbonyl (C=O) groups is 2. The summed E-state index contributed by atoms with van der Waals surface area (Å²) >= 11 is 48.0. The van der Waals surface area contributed by atoms with Crippen molar-refractivity contribution in [3.05, 3.63) is 254 Å². The van der Waals surface area contributed by atoms with Gasteiger partial charge in [-0.1, -0.05) is 256 Å². The smallest absolute Gasteiger partial charge is 0.339 e. The van der Waals surface area contributed by atoms with Crippen molar-refractivity contribution in [1.29, 1.82) is 0 Å². The Morgan fingerprint density at radius 3 is 1.18 bits per heavy atom. The Bertz CT molecular complexity index is 5120. The van der Waals surface area contributed by atoms with Crippen LogP contribution in [0.1, 0.15) is 254 Å². The third-order valence-electron chi connectivity index (χ3n) is 21.7. The highest BCUT2D eigenvalue weighted by molar-refractivity contribution is 9.13. The van der Waals surface area contributed by atoms with Gasteiger partial charge in [0.1, 0.15) is 39.9 Å². The molecule has 4 fully saturated rings. The summed E-state index contributed by atoms with van der Waals surface area (Å²) in [5.41, 5.74) is 5.60. The van der Waals surface area contributed by atoms with Crippen LogP contribution in [0.2, 0.25) is 0 Å².